The van der Waals surface area contributed by atoms with Gasteiger partial charge in [0.25, 0.3) is 5.89 Å². The lowest BCUT2D eigenvalue weighted by Crippen LogP contribution is -2.28. The van der Waals surface area contributed by atoms with Crippen LogP contribution in [-0.4, -0.2) is 39.1 Å². The van der Waals surface area contributed by atoms with Gasteiger partial charge in [-0.3, -0.25) is 9.78 Å². The number of hydrogen-bond donors (Lipinski definition) is 0. The number of hydrogen-bond acceptors (Lipinski definition) is 6. The van der Waals surface area contributed by atoms with Crippen molar-refractivity contribution in [3.63, 3.8) is 0 Å². The highest BCUT2D eigenvalue weighted by molar-refractivity contribution is 7.13. The van der Waals surface area contributed by atoms with Crippen molar-refractivity contribution in [1.29, 1.82) is 0 Å². The number of carbonyl (C=O) groups is 1. The molecule has 4 rings (SSSR count). The molecule has 7 heteroatoms. The number of thiophene rings is 1. The van der Waals surface area contributed by atoms with Crippen molar-refractivity contribution in [2.75, 3.05) is 13.1 Å². The third-order valence-corrected chi connectivity index (χ3v) is 5.53. The van der Waals surface area contributed by atoms with Crippen molar-refractivity contribution in [2.24, 2.45) is 0 Å². The Morgan fingerprint density at radius 2 is 2.15 bits per heavy atom. The van der Waals surface area contributed by atoms with Crippen molar-refractivity contribution in [1.82, 2.24) is 20.1 Å². The van der Waals surface area contributed by atoms with Crippen molar-refractivity contribution >= 4 is 17.2 Å². The Labute approximate surface area is 155 Å². The molecule has 0 spiro atoms. The SMILES string of the molecule is O=C(CCCc1ccncc1)N1CC[C@@H](c2nnc(-c3cccs3)o2)C1. The number of aromatic nitrogens is 3. The van der Waals surface area contributed by atoms with E-state index in [4.69, 9.17) is 4.42 Å². The van der Waals surface area contributed by atoms with Crippen LogP contribution in [-0.2, 0) is 11.2 Å². The molecule has 1 aliphatic heterocycles. The Morgan fingerprint density at radius 3 is 2.96 bits per heavy atom. The summed E-state index contributed by atoms with van der Waals surface area (Å²) < 4.78 is 5.82. The smallest absolute Gasteiger partial charge is 0.257 e. The summed E-state index contributed by atoms with van der Waals surface area (Å²) in [5.41, 5.74) is 1.22. The lowest BCUT2D eigenvalue weighted by molar-refractivity contribution is -0.130. The Balaban J connectivity index is 1.28. The fourth-order valence-electron chi connectivity index (χ4n) is 3.24. The second kappa shape index (κ2) is 7.78. The van der Waals surface area contributed by atoms with Crippen LogP contribution in [0.1, 0.15) is 36.6 Å². The summed E-state index contributed by atoms with van der Waals surface area (Å²) >= 11 is 1.58. The van der Waals surface area contributed by atoms with Crippen LogP contribution < -0.4 is 0 Å². The summed E-state index contributed by atoms with van der Waals surface area (Å²) in [4.78, 5) is 19.4. The van der Waals surface area contributed by atoms with E-state index in [9.17, 15) is 4.79 Å². The molecule has 3 aromatic rings. The normalized spacial score (nSPS) is 16.9. The molecule has 1 saturated heterocycles. The highest BCUT2D eigenvalue weighted by Gasteiger charge is 2.30. The molecule has 4 heterocycles. The second-order valence-electron chi connectivity index (χ2n) is 6.46. The topological polar surface area (TPSA) is 72.1 Å². The molecule has 3 aromatic heterocycles. The van der Waals surface area contributed by atoms with Gasteiger partial charge in [0.1, 0.15) is 0 Å². The number of amides is 1. The van der Waals surface area contributed by atoms with Crippen molar-refractivity contribution in [2.45, 2.75) is 31.6 Å². The number of pyridine rings is 1. The van der Waals surface area contributed by atoms with Crippen LogP contribution in [0.3, 0.4) is 0 Å². The number of nitrogens with zero attached hydrogens (tertiary/aromatic N) is 4. The van der Waals surface area contributed by atoms with Gasteiger partial charge in [-0.05, 0) is 48.4 Å². The molecule has 1 aliphatic rings. The first-order valence-corrected chi connectivity index (χ1v) is 9.71. The summed E-state index contributed by atoms with van der Waals surface area (Å²) in [5.74, 6) is 1.55. The molecule has 1 amide bonds. The van der Waals surface area contributed by atoms with Gasteiger partial charge >= 0.3 is 0 Å². The average Bonchev–Trinajstić information content (AvgIpc) is 3.42. The summed E-state index contributed by atoms with van der Waals surface area (Å²) in [6.45, 7) is 1.43. The van der Waals surface area contributed by atoms with E-state index in [1.165, 1.54) is 5.56 Å². The molecule has 134 valence electrons. The van der Waals surface area contributed by atoms with Gasteiger partial charge in [-0.25, -0.2) is 0 Å². The number of likely N-dealkylation sites (tertiary alicyclic amines) is 1. The summed E-state index contributed by atoms with van der Waals surface area (Å²) in [6.07, 6.45) is 6.78. The van der Waals surface area contributed by atoms with Gasteiger partial charge in [-0.2, -0.15) is 0 Å². The van der Waals surface area contributed by atoms with Crippen LogP contribution in [0.25, 0.3) is 10.8 Å². The maximum Gasteiger partial charge on any atom is 0.257 e. The predicted octanol–water partition coefficient (Wildman–Crippen LogP) is 3.53. The zero-order valence-electron chi connectivity index (χ0n) is 14.4. The molecule has 0 unspecified atom stereocenters. The first-order valence-electron chi connectivity index (χ1n) is 8.83. The summed E-state index contributed by atoms with van der Waals surface area (Å²) in [7, 11) is 0. The van der Waals surface area contributed by atoms with E-state index in [1.54, 1.807) is 23.7 Å². The van der Waals surface area contributed by atoms with Crippen LogP contribution in [0.2, 0.25) is 0 Å². The maximum absolute atomic E-state index is 12.5. The third-order valence-electron chi connectivity index (χ3n) is 4.67. The quantitative estimate of drug-likeness (QED) is 0.665. The Bertz CT molecular complexity index is 848. The lowest BCUT2D eigenvalue weighted by atomic mass is 10.1. The van der Waals surface area contributed by atoms with Crippen molar-refractivity contribution < 1.29 is 9.21 Å². The highest BCUT2D eigenvalue weighted by Crippen LogP contribution is 2.30. The molecule has 1 fully saturated rings. The van der Waals surface area contributed by atoms with E-state index in [0.717, 1.165) is 30.7 Å². The van der Waals surface area contributed by atoms with Crippen LogP contribution in [0.5, 0.6) is 0 Å². The zero-order chi connectivity index (χ0) is 17.8. The molecule has 0 N–H and O–H groups in total. The molecule has 1 atom stereocenters. The van der Waals surface area contributed by atoms with E-state index >= 15 is 0 Å². The molecule has 0 aliphatic carbocycles. The van der Waals surface area contributed by atoms with Crippen LogP contribution in [0.4, 0.5) is 0 Å². The van der Waals surface area contributed by atoms with Crippen LogP contribution in [0.15, 0.2) is 46.5 Å². The van der Waals surface area contributed by atoms with E-state index in [2.05, 4.69) is 15.2 Å². The van der Waals surface area contributed by atoms with E-state index in [-0.39, 0.29) is 11.8 Å². The third kappa shape index (κ3) is 3.83. The fraction of sp³-hybridized carbons (Fsp3) is 0.368. The van der Waals surface area contributed by atoms with Gasteiger partial charge in [0.2, 0.25) is 11.8 Å². The molecule has 0 aromatic carbocycles. The van der Waals surface area contributed by atoms with E-state index in [1.807, 2.05) is 34.5 Å². The van der Waals surface area contributed by atoms with Crippen LogP contribution in [0, 0.1) is 0 Å². The zero-order valence-corrected chi connectivity index (χ0v) is 15.2. The minimum atomic E-state index is 0.139. The van der Waals surface area contributed by atoms with Gasteiger partial charge in [0.05, 0.1) is 10.8 Å². The van der Waals surface area contributed by atoms with E-state index < -0.39 is 0 Å². The van der Waals surface area contributed by atoms with E-state index in [0.29, 0.717) is 24.7 Å². The van der Waals surface area contributed by atoms with Gasteiger partial charge < -0.3 is 9.32 Å². The number of carbonyl (C=O) groups excluding carboxylic acids is 1. The largest absolute Gasteiger partial charge is 0.420 e. The fourth-order valence-corrected chi connectivity index (χ4v) is 3.88. The van der Waals surface area contributed by atoms with Gasteiger partial charge in [-0.1, -0.05) is 6.07 Å². The Hall–Kier alpha value is -2.54. The molecule has 0 radical (unpaired) electrons. The first-order chi connectivity index (χ1) is 12.8. The Morgan fingerprint density at radius 1 is 1.27 bits per heavy atom. The first kappa shape index (κ1) is 16.9. The van der Waals surface area contributed by atoms with Crippen LogP contribution >= 0.6 is 11.3 Å². The summed E-state index contributed by atoms with van der Waals surface area (Å²) in [6, 6.07) is 7.93. The van der Waals surface area contributed by atoms with Gasteiger partial charge in [-0.15, -0.1) is 21.5 Å². The lowest BCUT2D eigenvalue weighted by Gasteiger charge is -2.15. The maximum atomic E-state index is 12.5. The molecular formula is C19H20N4O2S. The number of aryl methyl sites for hydroxylation is 1. The minimum absolute atomic E-state index is 0.139. The molecule has 0 saturated carbocycles. The molecular weight excluding hydrogens is 348 g/mol. The predicted molar refractivity (Wildman–Crippen MR) is 98.7 cm³/mol. The van der Waals surface area contributed by atoms with Crippen molar-refractivity contribution in [3.8, 4) is 10.8 Å². The Kier molecular flexibility index (Phi) is 5.06. The standard InChI is InChI=1S/C19H20N4O2S/c24-17(5-1-3-14-6-9-20-10-7-14)23-11-8-15(13-23)18-21-22-19(25-18)16-4-2-12-26-16/h2,4,6-7,9-10,12,15H,1,3,5,8,11,13H2/t15-/m1/s1. The summed E-state index contributed by atoms with van der Waals surface area (Å²) in [5, 5.41) is 10.3. The molecule has 6 nitrogen and oxygen atoms in total. The van der Waals surface area contributed by atoms with Crippen molar-refractivity contribution in [3.05, 3.63) is 53.5 Å². The average molecular weight is 368 g/mol. The van der Waals surface area contributed by atoms with Gasteiger partial charge in [0, 0.05) is 31.9 Å². The second-order valence-corrected chi connectivity index (χ2v) is 7.40. The minimum Gasteiger partial charge on any atom is -0.420 e. The van der Waals surface area contributed by atoms with Gasteiger partial charge in [0.15, 0.2) is 0 Å². The highest BCUT2D eigenvalue weighted by atomic mass is 32.1. The number of rotatable bonds is 6. The molecule has 0 bridgehead atoms. The molecule has 26 heavy (non-hydrogen) atoms. The monoisotopic (exact) mass is 368 g/mol.